The van der Waals surface area contributed by atoms with E-state index in [1.54, 1.807) is 0 Å². The van der Waals surface area contributed by atoms with Gasteiger partial charge in [-0.3, -0.25) is 0 Å². The molecule has 2 aromatic carbocycles. The van der Waals surface area contributed by atoms with E-state index in [1.165, 1.54) is 15.9 Å². The maximum Gasteiger partial charge on any atom is 0.104 e. The van der Waals surface area contributed by atoms with Gasteiger partial charge in [-0.1, -0.05) is 135 Å². The van der Waals surface area contributed by atoms with Crippen molar-refractivity contribution < 1.29 is 0 Å². The fourth-order valence-corrected chi connectivity index (χ4v) is 6.70. The van der Waals surface area contributed by atoms with Crippen LogP contribution in [0.3, 0.4) is 0 Å². The summed E-state index contributed by atoms with van der Waals surface area (Å²) < 4.78 is 0. The molecule has 0 N–H and O–H groups in total. The molecule has 0 radical (unpaired) electrons. The molecule has 0 unspecified atom stereocenters. The van der Waals surface area contributed by atoms with E-state index < -0.39 is 16.1 Å². The predicted octanol–water partition coefficient (Wildman–Crippen LogP) is 5.71. The van der Waals surface area contributed by atoms with Crippen molar-refractivity contribution in [2.75, 3.05) is 0 Å². The summed E-state index contributed by atoms with van der Waals surface area (Å²) in [7, 11) is -3.05. The van der Waals surface area contributed by atoms with Gasteiger partial charge in [0.25, 0.3) is 0 Å². The van der Waals surface area contributed by atoms with Gasteiger partial charge in [-0.2, -0.15) is 0 Å². The maximum atomic E-state index is 2.45. The van der Waals surface area contributed by atoms with Gasteiger partial charge in [0.15, 0.2) is 0 Å². The second-order valence-corrected chi connectivity index (χ2v) is 18.1. The van der Waals surface area contributed by atoms with Crippen LogP contribution in [0.25, 0.3) is 0 Å². The van der Waals surface area contributed by atoms with E-state index >= 15 is 0 Å². The van der Waals surface area contributed by atoms with E-state index in [0.717, 1.165) is 0 Å². The third-order valence-electron chi connectivity index (χ3n) is 5.15. The van der Waals surface area contributed by atoms with E-state index in [9.17, 15) is 0 Å². The van der Waals surface area contributed by atoms with Gasteiger partial charge in [0.1, 0.15) is 16.1 Å². The second kappa shape index (κ2) is 7.93. The molecule has 0 atom stereocenters. The van der Waals surface area contributed by atoms with Gasteiger partial charge in [0, 0.05) is 0 Å². The zero-order chi connectivity index (χ0) is 19.4. The molecule has 2 aromatic rings. The summed E-state index contributed by atoms with van der Waals surface area (Å²) in [6, 6.07) is 20.2. The summed E-state index contributed by atoms with van der Waals surface area (Å²) in [6.07, 6.45) is 4.55. The van der Waals surface area contributed by atoms with Crippen LogP contribution in [0.5, 0.6) is 0 Å². The van der Waals surface area contributed by atoms with Crippen LogP contribution in [0.15, 0.2) is 78.1 Å². The molecule has 2 rings (SSSR count). The number of rotatable bonds is 5. The molecule has 0 aliphatic heterocycles. The number of benzene rings is 2. The van der Waals surface area contributed by atoms with Crippen LogP contribution in [0.4, 0.5) is 0 Å². The fourth-order valence-electron chi connectivity index (χ4n) is 3.05. The summed E-state index contributed by atoms with van der Waals surface area (Å²) >= 11 is 0. The first-order valence-electron chi connectivity index (χ1n) is 9.56. The first-order valence-corrected chi connectivity index (χ1v) is 15.7. The minimum Gasteiger partial charge on any atom is -0.0903 e. The lowest BCUT2D eigenvalue weighted by Gasteiger charge is -2.23. The van der Waals surface area contributed by atoms with Gasteiger partial charge in [0.2, 0.25) is 0 Å². The van der Waals surface area contributed by atoms with E-state index in [-0.39, 0.29) is 5.41 Å². The van der Waals surface area contributed by atoms with Crippen LogP contribution < -0.4 is 10.4 Å². The standard InChI is InChI=1S/C24H34Si2/c1-24(2,3)21-15-17-23(18-16-21)26(6,7)20-12-11-19-25(4,5)22-13-9-8-10-14-22/h8-20H,1-7H3/b19-11+,20-12-. The Kier molecular flexibility index (Phi) is 6.30. The van der Waals surface area contributed by atoms with E-state index in [2.05, 4.69) is 125 Å². The van der Waals surface area contributed by atoms with E-state index in [1.807, 2.05) is 0 Å². The highest BCUT2D eigenvalue weighted by Gasteiger charge is 2.21. The van der Waals surface area contributed by atoms with Crippen LogP contribution in [0.2, 0.25) is 26.2 Å². The van der Waals surface area contributed by atoms with Crippen molar-refractivity contribution in [3.63, 3.8) is 0 Å². The van der Waals surface area contributed by atoms with Gasteiger partial charge in [0.05, 0.1) is 0 Å². The lowest BCUT2D eigenvalue weighted by atomic mass is 9.87. The van der Waals surface area contributed by atoms with Crippen molar-refractivity contribution in [1.82, 2.24) is 0 Å². The molecule has 0 nitrogen and oxygen atoms in total. The lowest BCUT2D eigenvalue weighted by Crippen LogP contribution is -2.40. The summed E-state index contributed by atoms with van der Waals surface area (Å²) in [5.74, 6) is 0. The first-order chi connectivity index (χ1) is 12.0. The zero-order valence-corrected chi connectivity index (χ0v) is 19.5. The number of hydrogen-bond donors (Lipinski definition) is 0. The zero-order valence-electron chi connectivity index (χ0n) is 17.5. The van der Waals surface area contributed by atoms with Crippen molar-refractivity contribution in [1.29, 1.82) is 0 Å². The van der Waals surface area contributed by atoms with Gasteiger partial charge in [-0.25, -0.2) is 0 Å². The van der Waals surface area contributed by atoms with E-state index in [4.69, 9.17) is 0 Å². The van der Waals surface area contributed by atoms with Crippen molar-refractivity contribution in [3.8, 4) is 0 Å². The Hall–Kier alpha value is -1.65. The average molecular weight is 379 g/mol. The number of hydrogen-bond acceptors (Lipinski definition) is 0. The van der Waals surface area contributed by atoms with Crippen LogP contribution in [-0.2, 0) is 5.41 Å². The highest BCUT2D eigenvalue weighted by Crippen LogP contribution is 2.21. The van der Waals surface area contributed by atoms with Crippen LogP contribution in [0, 0.1) is 0 Å². The molecule has 138 valence electrons. The van der Waals surface area contributed by atoms with E-state index in [0.29, 0.717) is 0 Å². The van der Waals surface area contributed by atoms with Gasteiger partial charge < -0.3 is 0 Å². The second-order valence-electron chi connectivity index (χ2n) is 9.35. The normalized spacial score (nSPS) is 13.7. The molecule has 0 spiro atoms. The Balaban J connectivity index is 2.11. The van der Waals surface area contributed by atoms with Gasteiger partial charge >= 0.3 is 0 Å². The first kappa shape index (κ1) is 20.7. The van der Waals surface area contributed by atoms with Gasteiger partial charge in [-0.15, -0.1) is 0 Å². The largest absolute Gasteiger partial charge is 0.104 e. The Bertz CT molecular complexity index is 758. The summed E-state index contributed by atoms with van der Waals surface area (Å²) in [5.41, 5.74) is 6.51. The van der Waals surface area contributed by atoms with Crippen molar-refractivity contribution in [2.24, 2.45) is 0 Å². The average Bonchev–Trinajstić information content (AvgIpc) is 2.59. The Morgan fingerprint density at radius 3 is 1.46 bits per heavy atom. The summed E-state index contributed by atoms with van der Waals surface area (Å²) in [5, 5.41) is 2.98. The summed E-state index contributed by atoms with van der Waals surface area (Å²) in [4.78, 5) is 0. The Labute approximate surface area is 162 Å². The molecule has 26 heavy (non-hydrogen) atoms. The molecule has 0 aliphatic rings. The third-order valence-corrected chi connectivity index (χ3v) is 10.8. The highest BCUT2D eigenvalue weighted by atomic mass is 28.3. The van der Waals surface area contributed by atoms with Crippen LogP contribution >= 0.6 is 0 Å². The van der Waals surface area contributed by atoms with Crippen LogP contribution in [0.1, 0.15) is 26.3 Å². The smallest absolute Gasteiger partial charge is 0.0903 e. The number of allylic oxidation sites excluding steroid dienone is 2. The van der Waals surface area contributed by atoms with Crippen molar-refractivity contribution in [2.45, 2.75) is 52.4 Å². The molecule has 0 heterocycles. The molecule has 0 saturated carbocycles. The molecule has 2 heteroatoms. The molecular weight excluding hydrogens is 344 g/mol. The molecule has 0 bridgehead atoms. The monoisotopic (exact) mass is 378 g/mol. The van der Waals surface area contributed by atoms with Crippen molar-refractivity contribution in [3.05, 3.63) is 83.7 Å². The summed E-state index contributed by atoms with van der Waals surface area (Å²) in [6.45, 7) is 16.5. The lowest BCUT2D eigenvalue weighted by molar-refractivity contribution is 0.590. The molecular formula is C24H34Si2. The topological polar surface area (TPSA) is 0 Å². The molecule has 0 fully saturated rings. The Morgan fingerprint density at radius 2 is 1.04 bits per heavy atom. The van der Waals surface area contributed by atoms with Gasteiger partial charge in [-0.05, 0) is 11.0 Å². The predicted molar refractivity (Wildman–Crippen MR) is 124 cm³/mol. The SMILES string of the molecule is CC(C)(C)c1ccc([Si](C)(C)/C=C\C=C\[Si](C)(C)c2ccccc2)cc1. The van der Waals surface area contributed by atoms with Crippen LogP contribution in [-0.4, -0.2) is 16.1 Å². The van der Waals surface area contributed by atoms with Crippen molar-refractivity contribution >= 4 is 26.5 Å². The molecule has 0 aliphatic carbocycles. The minimum atomic E-state index is -1.55. The quantitative estimate of drug-likeness (QED) is 0.462. The maximum absolute atomic E-state index is 2.45. The highest BCUT2D eigenvalue weighted by molar-refractivity contribution is 6.94. The molecule has 0 aromatic heterocycles. The Morgan fingerprint density at radius 1 is 0.615 bits per heavy atom. The molecule has 0 amide bonds. The minimum absolute atomic E-state index is 0.219. The third kappa shape index (κ3) is 5.42. The fraction of sp³-hybridized carbons (Fsp3) is 0.333. The molecule has 0 saturated heterocycles.